The third-order valence-corrected chi connectivity index (χ3v) is 8.00. The molecule has 1 N–H and O–H groups in total. The van der Waals surface area contributed by atoms with E-state index in [-0.39, 0.29) is 23.5 Å². The summed E-state index contributed by atoms with van der Waals surface area (Å²) >= 11 is 9.34. The van der Waals surface area contributed by atoms with E-state index in [1.807, 2.05) is 6.07 Å². The maximum absolute atomic E-state index is 15.0. The summed E-state index contributed by atoms with van der Waals surface area (Å²) in [5.74, 6) is -1.08. The zero-order chi connectivity index (χ0) is 24.7. The average molecular weight is 575 g/mol. The molecule has 0 saturated carbocycles. The zero-order valence-electron chi connectivity index (χ0n) is 18.1. The highest BCUT2D eigenvalue weighted by molar-refractivity contribution is 9.10. The Morgan fingerprint density at radius 1 is 1.00 bits per heavy atom. The van der Waals surface area contributed by atoms with E-state index in [0.29, 0.717) is 16.0 Å². The van der Waals surface area contributed by atoms with Crippen molar-refractivity contribution in [1.29, 1.82) is 0 Å². The van der Waals surface area contributed by atoms with Crippen LogP contribution in [0.1, 0.15) is 6.42 Å². The predicted molar refractivity (Wildman–Crippen MR) is 137 cm³/mol. The van der Waals surface area contributed by atoms with Crippen molar-refractivity contribution in [2.45, 2.75) is 17.4 Å². The number of sulfonamides is 1. The van der Waals surface area contributed by atoms with Crippen LogP contribution in [0.3, 0.4) is 0 Å². The number of nitrogens with zero attached hydrogens (tertiary/aromatic N) is 2. The minimum atomic E-state index is -3.98. The van der Waals surface area contributed by atoms with Crippen LogP contribution in [0, 0.1) is 5.82 Å². The van der Waals surface area contributed by atoms with Gasteiger partial charge in [0.1, 0.15) is 11.9 Å². The summed E-state index contributed by atoms with van der Waals surface area (Å²) in [7, 11) is -3.98. The standard InChI is InChI=1S/C25H18BrClFN3O3S/c26-19-9-18(13-29-14-19)17-3-6-24(22(28)12-17)31-8-7-23(25(31)32)30-35(33,34)21-5-2-15-10-20(27)4-1-16(15)11-21/h1-6,9-14,23,30H,7-8H2/t23-/m0/s1. The molecular weight excluding hydrogens is 557 g/mol. The minimum absolute atomic E-state index is 0.0386. The van der Waals surface area contributed by atoms with E-state index in [4.69, 9.17) is 11.6 Å². The molecule has 1 aromatic heterocycles. The van der Waals surface area contributed by atoms with E-state index < -0.39 is 27.8 Å². The van der Waals surface area contributed by atoms with Crippen LogP contribution in [0.5, 0.6) is 0 Å². The largest absolute Gasteiger partial charge is 0.308 e. The van der Waals surface area contributed by atoms with E-state index in [1.54, 1.807) is 42.7 Å². The molecule has 1 atom stereocenters. The molecule has 1 amide bonds. The topological polar surface area (TPSA) is 79.4 Å². The second kappa shape index (κ2) is 9.31. The molecule has 0 radical (unpaired) electrons. The Hall–Kier alpha value is -2.85. The highest BCUT2D eigenvalue weighted by Gasteiger charge is 2.36. The quantitative estimate of drug-likeness (QED) is 0.339. The molecule has 6 nitrogen and oxygen atoms in total. The Labute approximate surface area is 214 Å². The Morgan fingerprint density at radius 3 is 2.54 bits per heavy atom. The summed E-state index contributed by atoms with van der Waals surface area (Å²) < 4.78 is 44.2. The maximum atomic E-state index is 15.0. The average Bonchev–Trinajstić information content (AvgIpc) is 3.17. The van der Waals surface area contributed by atoms with Gasteiger partial charge in [-0.1, -0.05) is 29.8 Å². The van der Waals surface area contributed by atoms with E-state index in [1.165, 1.54) is 29.2 Å². The summed E-state index contributed by atoms with van der Waals surface area (Å²) in [4.78, 5) is 18.4. The lowest BCUT2D eigenvalue weighted by Crippen LogP contribution is -2.41. The van der Waals surface area contributed by atoms with Crippen molar-refractivity contribution in [1.82, 2.24) is 9.71 Å². The molecule has 35 heavy (non-hydrogen) atoms. The Balaban J connectivity index is 1.35. The molecule has 178 valence electrons. The zero-order valence-corrected chi connectivity index (χ0v) is 21.2. The molecular formula is C25H18BrClFN3O3S. The molecule has 1 aliphatic rings. The lowest BCUT2D eigenvalue weighted by molar-refractivity contribution is -0.118. The van der Waals surface area contributed by atoms with Crippen LogP contribution in [0.2, 0.25) is 5.02 Å². The lowest BCUT2D eigenvalue weighted by atomic mass is 10.1. The third-order valence-electron chi connectivity index (χ3n) is 5.86. The molecule has 2 heterocycles. The highest BCUT2D eigenvalue weighted by atomic mass is 79.9. The van der Waals surface area contributed by atoms with Crippen molar-refractivity contribution < 1.29 is 17.6 Å². The van der Waals surface area contributed by atoms with Crippen molar-refractivity contribution in [2.24, 2.45) is 0 Å². The number of anilines is 1. The summed E-state index contributed by atoms with van der Waals surface area (Å²) in [5, 5.41) is 2.06. The number of rotatable bonds is 5. The van der Waals surface area contributed by atoms with Gasteiger partial charge >= 0.3 is 0 Å². The molecule has 0 spiro atoms. The number of amides is 1. The maximum Gasteiger partial charge on any atom is 0.245 e. The van der Waals surface area contributed by atoms with E-state index in [0.717, 1.165) is 15.4 Å². The molecule has 10 heteroatoms. The number of hydrogen-bond acceptors (Lipinski definition) is 4. The van der Waals surface area contributed by atoms with Crippen molar-refractivity contribution in [3.8, 4) is 11.1 Å². The highest BCUT2D eigenvalue weighted by Crippen LogP contribution is 2.30. The summed E-state index contributed by atoms with van der Waals surface area (Å²) in [6.45, 7) is 0.191. The van der Waals surface area contributed by atoms with Gasteiger partial charge in [-0.2, -0.15) is 4.72 Å². The Morgan fingerprint density at radius 2 is 1.77 bits per heavy atom. The molecule has 4 aromatic rings. The molecule has 0 unspecified atom stereocenters. The SMILES string of the molecule is O=C1[C@@H](NS(=O)(=O)c2ccc3cc(Cl)ccc3c2)CCN1c1ccc(-c2cncc(Br)c2)cc1F. The Bertz CT molecular complexity index is 1580. The smallest absolute Gasteiger partial charge is 0.245 e. The van der Waals surface area contributed by atoms with Gasteiger partial charge in [0.25, 0.3) is 0 Å². The predicted octanol–water partition coefficient (Wildman–Crippen LogP) is 5.54. The first kappa shape index (κ1) is 23.9. The van der Waals surface area contributed by atoms with Gasteiger partial charge in [-0.15, -0.1) is 0 Å². The van der Waals surface area contributed by atoms with Gasteiger partial charge in [-0.3, -0.25) is 9.78 Å². The Kier molecular flexibility index (Phi) is 6.35. The first-order chi connectivity index (χ1) is 16.7. The van der Waals surface area contributed by atoms with Crippen LogP contribution in [-0.4, -0.2) is 31.9 Å². The van der Waals surface area contributed by atoms with Crippen molar-refractivity contribution in [3.05, 3.63) is 88.4 Å². The first-order valence-corrected chi connectivity index (χ1v) is 13.3. The second-order valence-electron chi connectivity index (χ2n) is 8.16. The number of benzene rings is 3. The van der Waals surface area contributed by atoms with Crippen LogP contribution in [0.25, 0.3) is 21.9 Å². The number of aromatic nitrogens is 1. The van der Waals surface area contributed by atoms with Gasteiger partial charge in [0.05, 0.1) is 10.6 Å². The number of pyridine rings is 1. The lowest BCUT2D eigenvalue weighted by Gasteiger charge is -2.19. The van der Waals surface area contributed by atoms with Crippen molar-refractivity contribution in [2.75, 3.05) is 11.4 Å². The van der Waals surface area contributed by atoms with Gasteiger partial charge in [-0.25, -0.2) is 12.8 Å². The van der Waals surface area contributed by atoms with Gasteiger partial charge in [-0.05, 0) is 81.2 Å². The summed E-state index contributed by atoms with van der Waals surface area (Å²) in [6.07, 6.45) is 3.47. The molecule has 1 saturated heterocycles. The third kappa shape index (κ3) is 4.81. The number of nitrogens with one attached hydrogen (secondary N) is 1. The minimum Gasteiger partial charge on any atom is -0.308 e. The van der Waals surface area contributed by atoms with Crippen LogP contribution < -0.4 is 9.62 Å². The van der Waals surface area contributed by atoms with Crippen LogP contribution in [0.15, 0.2) is 82.4 Å². The summed E-state index contributed by atoms with van der Waals surface area (Å²) in [6, 6.07) is 15.2. The summed E-state index contributed by atoms with van der Waals surface area (Å²) in [5.41, 5.74) is 1.44. The van der Waals surface area contributed by atoms with Crippen molar-refractivity contribution >= 4 is 59.9 Å². The molecule has 5 rings (SSSR count). The number of halogens is 3. The normalized spacial score (nSPS) is 16.3. The van der Waals surface area contributed by atoms with Crippen molar-refractivity contribution in [3.63, 3.8) is 0 Å². The second-order valence-corrected chi connectivity index (χ2v) is 11.2. The molecule has 0 aliphatic carbocycles. The monoisotopic (exact) mass is 573 g/mol. The van der Waals surface area contributed by atoms with Gasteiger partial charge in [0, 0.05) is 34.0 Å². The van der Waals surface area contributed by atoms with E-state index in [2.05, 4.69) is 25.6 Å². The fourth-order valence-electron chi connectivity index (χ4n) is 4.12. The number of carbonyl (C=O) groups is 1. The number of hydrogen-bond donors (Lipinski definition) is 1. The van der Waals surface area contributed by atoms with Crippen LogP contribution >= 0.6 is 27.5 Å². The number of fused-ring (bicyclic) bond motifs is 1. The fourth-order valence-corrected chi connectivity index (χ4v) is 5.92. The van der Waals surface area contributed by atoms with E-state index >= 15 is 0 Å². The first-order valence-electron chi connectivity index (χ1n) is 10.6. The molecule has 1 fully saturated rings. The fraction of sp³-hybridized carbons (Fsp3) is 0.120. The van der Waals surface area contributed by atoms with Gasteiger partial charge in [0.2, 0.25) is 15.9 Å². The number of carbonyl (C=O) groups excluding carboxylic acids is 1. The van der Waals surface area contributed by atoms with Crippen LogP contribution in [-0.2, 0) is 14.8 Å². The van der Waals surface area contributed by atoms with Crippen LogP contribution in [0.4, 0.5) is 10.1 Å². The van der Waals surface area contributed by atoms with E-state index in [9.17, 15) is 17.6 Å². The molecule has 3 aromatic carbocycles. The molecule has 1 aliphatic heterocycles. The van der Waals surface area contributed by atoms with Gasteiger partial charge < -0.3 is 4.90 Å². The molecule has 0 bridgehead atoms. The van der Waals surface area contributed by atoms with Gasteiger partial charge in [0.15, 0.2) is 0 Å².